The number of carbonyl (C=O) groups is 1. The SMILES string of the molecule is CC(C)c1ccc(NC(=O)Nc2nc(C(N)C(C)C)cs2)cc1. The van der Waals surface area contributed by atoms with Crippen molar-refractivity contribution in [1.82, 2.24) is 4.98 Å². The second kappa shape index (κ2) is 7.57. The molecule has 1 aromatic heterocycles. The van der Waals surface area contributed by atoms with Gasteiger partial charge in [0.05, 0.1) is 11.7 Å². The Labute approximate surface area is 141 Å². The summed E-state index contributed by atoms with van der Waals surface area (Å²) in [7, 11) is 0. The van der Waals surface area contributed by atoms with Crippen LogP contribution in [0.3, 0.4) is 0 Å². The molecule has 1 unspecified atom stereocenters. The first-order valence-electron chi connectivity index (χ1n) is 7.75. The molecule has 2 rings (SSSR count). The van der Waals surface area contributed by atoms with Crippen LogP contribution in [0.4, 0.5) is 15.6 Å². The molecule has 6 heteroatoms. The summed E-state index contributed by atoms with van der Waals surface area (Å²) in [5, 5.41) is 7.98. The number of nitrogens with zero attached hydrogens (tertiary/aromatic N) is 1. The van der Waals surface area contributed by atoms with Crippen molar-refractivity contribution < 1.29 is 4.79 Å². The number of hydrogen-bond acceptors (Lipinski definition) is 4. The van der Waals surface area contributed by atoms with Crippen molar-refractivity contribution in [3.8, 4) is 0 Å². The molecule has 0 aliphatic carbocycles. The smallest absolute Gasteiger partial charge is 0.322 e. The van der Waals surface area contributed by atoms with Gasteiger partial charge in [-0.05, 0) is 29.5 Å². The molecule has 2 amide bonds. The molecule has 0 saturated carbocycles. The van der Waals surface area contributed by atoms with E-state index in [9.17, 15) is 4.79 Å². The summed E-state index contributed by atoms with van der Waals surface area (Å²) in [6.07, 6.45) is 0. The van der Waals surface area contributed by atoms with Crippen LogP contribution in [0.2, 0.25) is 0 Å². The fourth-order valence-corrected chi connectivity index (χ4v) is 2.80. The Bertz CT molecular complexity index is 649. The molecule has 1 atom stereocenters. The lowest BCUT2D eigenvalue weighted by Gasteiger charge is -2.12. The maximum atomic E-state index is 12.0. The van der Waals surface area contributed by atoms with Gasteiger partial charge in [-0.1, -0.05) is 39.8 Å². The van der Waals surface area contributed by atoms with E-state index in [0.717, 1.165) is 11.4 Å². The zero-order chi connectivity index (χ0) is 17.0. The van der Waals surface area contributed by atoms with Gasteiger partial charge in [0.1, 0.15) is 0 Å². The van der Waals surface area contributed by atoms with Crippen molar-refractivity contribution in [1.29, 1.82) is 0 Å². The Balaban J connectivity index is 1.94. The van der Waals surface area contributed by atoms with Crippen LogP contribution < -0.4 is 16.4 Å². The van der Waals surface area contributed by atoms with E-state index in [2.05, 4.69) is 29.5 Å². The van der Waals surface area contributed by atoms with Crippen LogP contribution in [0.5, 0.6) is 0 Å². The van der Waals surface area contributed by atoms with Crippen molar-refractivity contribution in [2.75, 3.05) is 10.6 Å². The maximum absolute atomic E-state index is 12.0. The third-order valence-electron chi connectivity index (χ3n) is 3.64. The van der Waals surface area contributed by atoms with E-state index in [1.54, 1.807) is 0 Å². The quantitative estimate of drug-likeness (QED) is 0.750. The number of rotatable bonds is 5. The summed E-state index contributed by atoms with van der Waals surface area (Å²) < 4.78 is 0. The van der Waals surface area contributed by atoms with Crippen LogP contribution in [0.15, 0.2) is 29.6 Å². The first-order chi connectivity index (χ1) is 10.9. The Morgan fingerprint density at radius 1 is 1.13 bits per heavy atom. The molecule has 0 saturated heterocycles. The van der Waals surface area contributed by atoms with E-state index in [1.807, 2.05) is 43.5 Å². The van der Waals surface area contributed by atoms with Crippen LogP contribution in [-0.2, 0) is 0 Å². The number of nitrogens with two attached hydrogens (primary N) is 1. The summed E-state index contributed by atoms with van der Waals surface area (Å²) in [6, 6.07) is 7.41. The van der Waals surface area contributed by atoms with Gasteiger partial charge >= 0.3 is 6.03 Å². The van der Waals surface area contributed by atoms with E-state index in [-0.39, 0.29) is 12.1 Å². The van der Waals surface area contributed by atoms with Gasteiger partial charge in [-0.3, -0.25) is 5.32 Å². The predicted molar refractivity (Wildman–Crippen MR) is 97.1 cm³/mol. The van der Waals surface area contributed by atoms with E-state index in [1.165, 1.54) is 16.9 Å². The van der Waals surface area contributed by atoms with Crippen molar-refractivity contribution in [2.24, 2.45) is 11.7 Å². The van der Waals surface area contributed by atoms with Crippen molar-refractivity contribution in [3.05, 3.63) is 40.9 Å². The van der Waals surface area contributed by atoms with Crippen LogP contribution in [0, 0.1) is 5.92 Å². The average molecular weight is 332 g/mol. The molecule has 0 radical (unpaired) electrons. The number of benzene rings is 1. The maximum Gasteiger partial charge on any atom is 0.325 e. The van der Waals surface area contributed by atoms with Gasteiger partial charge in [-0.2, -0.15) is 0 Å². The molecule has 2 aromatic rings. The molecule has 5 nitrogen and oxygen atoms in total. The van der Waals surface area contributed by atoms with Crippen LogP contribution in [0.25, 0.3) is 0 Å². The van der Waals surface area contributed by atoms with Gasteiger partial charge in [0.25, 0.3) is 0 Å². The van der Waals surface area contributed by atoms with E-state index < -0.39 is 0 Å². The second-order valence-corrected chi connectivity index (χ2v) is 7.06. The molecular weight excluding hydrogens is 308 g/mol. The van der Waals surface area contributed by atoms with Crippen molar-refractivity contribution in [3.63, 3.8) is 0 Å². The minimum Gasteiger partial charge on any atom is -0.322 e. The minimum absolute atomic E-state index is 0.117. The van der Waals surface area contributed by atoms with E-state index in [0.29, 0.717) is 17.0 Å². The van der Waals surface area contributed by atoms with Gasteiger partial charge in [0, 0.05) is 11.1 Å². The summed E-state index contributed by atoms with van der Waals surface area (Å²) in [4.78, 5) is 16.4. The molecule has 0 aliphatic rings. The lowest BCUT2D eigenvalue weighted by atomic mass is 10.0. The number of aromatic nitrogens is 1. The molecule has 1 heterocycles. The molecular formula is C17H24N4OS. The number of urea groups is 1. The molecule has 0 spiro atoms. The highest BCUT2D eigenvalue weighted by molar-refractivity contribution is 7.13. The number of carbonyl (C=O) groups excluding carboxylic acids is 1. The first kappa shape index (κ1) is 17.4. The second-order valence-electron chi connectivity index (χ2n) is 6.20. The normalized spacial score (nSPS) is 12.5. The van der Waals surface area contributed by atoms with Crippen molar-refractivity contribution in [2.45, 2.75) is 39.7 Å². The highest BCUT2D eigenvalue weighted by Crippen LogP contribution is 2.24. The van der Waals surface area contributed by atoms with Gasteiger partial charge in [0.2, 0.25) is 0 Å². The molecule has 0 bridgehead atoms. The molecule has 0 fully saturated rings. The van der Waals surface area contributed by atoms with Gasteiger partial charge < -0.3 is 11.1 Å². The molecule has 124 valence electrons. The van der Waals surface area contributed by atoms with Crippen molar-refractivity contribution >= 4 is 28.2 Å². The van der Waals surface area contributed by atoms with E-state index >= 15 is 0 Å². The largest absolute Gasteiger partial charge is 0.325 e. The molecule has 0 aliphatic heterocycles. The summed E-state index contributed by atoms with van der Waals surface area (Å²) in [5.74, 6) is 0.773. The molecule has 4 N–H and O–H groups in total. The average Bonchev–Trinajstić information content (AvgIpc) is 2.95. The predicted octanol–water partition coefficient (Wildman–Crippen LogP) is 4.57. The minimum atomic E-state index is -0.304. The Morgan fingerprint density at radius 2 is 1.78 bits per heavy atom. The zero-order valence-corrected chi connectivity index (χ0v) is 14.8. The first-order valence-corrected chi connectivity index (χ1v) is 8.63. The highest BCUT2D eigenvalue weighted by atomic mass is 32.1. The topological polar surface area (TPSA) is 80.0 Å². The standard InChI is InChI=1S/C17H24N4OS/c1-10(2)12-5-7-13(8-6-12)19-16(22)21-17-20-14(9-23-17)15(18)11(3)4/h5-11,15H,18H2,1-4H3,(H2,19,20,21,22). The van der Waals surface area contributed by atoms with Gasteiger partial charge in [-0.25, -0.2) is 9.78 Å². The number of amides is 2. The zero-order valence-electron chi connectivity index (χ0n) is 14.0. The number of anilines is 2. The number of hydrogen-bond donors (Lipinski definition) is 3. The Kier molecular flexibility index (Phi) is 5.74. The molecule has 23 heavy (non-hydrogen) atoms. The van der Waals surface area contributed by atoms with Crippen LogP contribution in [0.1, 0.15) is 50.9 Å². The number of nitrogens with one attached hydrogen (secondary N) is 2. The van der Waals surface area contributed by atoms with Crippen LogP contribution in [-0.4, -0.2) is 11.0 Å². The fourth-order valence-electron chi connectivity index (χ4n) is 2.05. The summed E-state index contributed by atoms with van der Waals surface area (Å²) in [6.45, 7) is 8.36. The van der Waals surface area contributed by atoms with Gasteiger partial charge in [-0.15, -0.1) is 11.3 Å². The van der Waals surface area contributed by atoms with Gasteiger partial charge in [0.15, 0.2) is 5.13 Å². The third kappa shape index (κ3) is 4.77. The van der Waals surface area contributed by atoms with Crippen LogP contribution >= 0.6 is 11.3 Å². The highest BCUT2D eigenvalue weighted by Gasteiger charge is 2.15. The molecule has 1 aromatic carbocycles. The Morgan fingerprint density at radius 3 is 2.35 bits per heavy atom. The Hall–Kier alpha value is -1.92. The lowest BCUT2D eigenvalue weighted by molar-refractivity contribution is 0.262. The lowest BCUT2D eigenvalue weighted by Crippen LogP contribution is -2.20. The fraction of sp³-hybridized carbons (Fsp3) is 0.412. The third-order valence-corrected chi connectivity index (χ3v) is 4.41. The number of thiazole rings is 1. The van der Waals surface area contributed by atoms with E-state index in [4.69, 9.17) is 5.73 Å². The monoisotopic (exact) mass is 332 g/mol. The summed E-state index contributed by atoms with van der Waals surface area (Å²) >= 11 is 1.38. The summed E-state index contributed by atoms with van der Waals surface area (Å²) in [5.41, 5.74) is 8.86.